The Hall–Kier alpha value is -2.08. The van der Waals surface area contributed by atoms with Crippen LogP contribution in [0, 0.1) is 5.92 Å². The van der Waals surface area contributed by atoms with Gasteiger partial charge in [-0.05, 0) is 29.2 Å². The van der Waals surface area contributed by atoms with E-state index in [1.807, 2.05) is 0 Å². The average molecular weight is 244 g/mol. The van der Waals surface area contributed by atoms with Crippen molar-refractivity contribution < 1.29 is 0 Å². The zero-order chi connectivity index (χ0) is 12.8. The highest BCUT2D eigenvalue weighted by Crippen LogP contribution is 2.49. The molecule has 1 atom stereocenters. The predicted molar refractivity (Wildman–Crippen MR) is 80.1 cm³/mol. The molecule has 0 radical (unpaired) electrons. The Morgan fingerprint density at radius 1 is 0.789 bits per heavy atom. The SMILES string of the molecule is CC1=CC(C2c3ccccc3-c3ccccc32)C=C1. The third kappa shape index (κ3) is 1.53. The molecule has 0 fully saturated rings. The molecule has 0 nitrogen and oxygen atoms in total. The highest BCUT2D eigenvalue weighted by Gasteiger charge is 2.32. The van der Waals surface area contributed by atoms with Gasteiger partial charge in [0.1, 0.15) is 0 Å². The van der Waals surface area contributed by atoms with E-state index in [1.165, 1.54) is 27.8 Å². The van der Waals surface area contributed by atoms with Crippen molar-refractivity contribution in [1.82, 2.24) is 0 Å². The zero-order valence-electron chi connectivity index (χ0n) is 11.0. The minimum atomic E-state index is 0.487. The molecule has 0 aromatic heterocycles. The van der Waals surface area contributed by atoms with E-state index < -0.39 is 0 Å². The standard InChI is InChI=1S/C19H16/c1-13-10-11-14(12-13)19-17-8-4-2-6-15(17)16-7-3-5-9-18(16)19/h2-12,14,19H,1H3. The fraction of sp³-hybridized carbons (Fsp3) is 0.158. The summed E-state index contributed by atoms with van der Waals surface area (Å²) in [6.45, 7) is 2.18. The molecule has 0 spiro atoms. The van der Waals surface area contributed by atoms with Crippen molar-refractivity contribution in [2.45, 2.75) is 12.8 Å². The fourth-order valence-electron chi connectivity index (χ4n) is 3.49. The topological polar surface area (TPSA) is 0 Å². The van der Waals surface area contributed by atoms with Crippen LogP contribution >= 0.6 is 0 Å². The van der Waals surface area contributed by atoms with Crippen molar-refractivity contribution in [2.75, 3.05) is 0 Å². The average Bonchev–Trinajstić information content (AvgIpc) is 3.00. The maximum absolute atomic E-state index is 2.39. The maximum Gasteiger partial charge on any atom is 0.0199 e. The van der Waals surface area contributed by atoms with Crippen LogP contribution in [0.15, 0.2) is 72.3 Å². The Morgan fingerprint density at radius 3 is 1.89 bits per heavy atom. The molecular formula is C19H16. The molecule has 1 unspecified atom stereocenters. The summed E-state index contributed by atoms with van der Waals surface area (Å²) in [5, 5.41) is 0. The van der Waals surface area contributed by atoms with Crippen LogP contribution in [0.5, 0.6) is 0 Å². The summed E-state index contributed by atoms with van der Waals surface area (Å²) >= 11 is 0. The highest BCUT2D eigenvalue weighted by atomic mass is 14.4. The summed E-state index contributed by atoms with van der Waals surface area (Å²) in [4.78, 5) is 0. The van der Waals surface area contributed by atoms with E-state index in [2.05, 4.69) is 73.7 Å². The number of allylic oxidation sites excluding steroid dienone is 4. The third-order valence-electron chi connectivity index (χ3n) is 4.30. The van der Waals surface area contributed by atoms with Gasteiger partial charge in [-0.25, -0.2) is 0 Å². The van der Waals surface area contributed by atoms with Crippen LogP contribution in [0.25, 0.3) is 11.1 Å². The van der Waals surface area contributed by atoms with Gasteiger partial charge in [0.25, 0.3) is 0 Å². The normalized spacial score (nSPS) is 20.3. The van der Waals surface area contributed by atoms with Gasteiger partial charge in [0.05, 0.1) is 0 Å². The smallest absolute Gasteiger partial charge is 0.0199 e. The maximum atomic E-state index is 2.39. The zero-order valence-corrected chi connectivity index (χ0v) is 11.0. The lowest BCUT2D eigenvalue weighted by Gasteiger charge is -2.18. The van der Waals surface area contributed by atoms with Crippen molar-refractivity contribution >= 4 is 0 Å². The molecule has 2 aliphatic rings. The summed E-state index contributed by atoms with van der Waals surface area (Å²) in [5.41, 5.74) is 7.16. The molecule has 2 aliphatic carbocycles. The largest absolute Gasteiger partial charge is 0.0764 e. The van der Waals surface area contributed by atoms with Crippen LogP contribution < -0.4 is 0 Å². The van der Waals surface area contributed by atoms with Crippen molar-refractivity contribution in [3.8, 4) is 11.1 Å². The first-order chi connectivity index (χ1) is 9.34. The fourth-order valence-corrected chi connectivity index (χ4v) is 3.49. The third-order valence-corrected chi connectivity index (χ3v) is 4.30. The van der Waals surface area contributed by atoms with E-state index in [0.29, 0.717) is 11.8 Å². The van der Waals surface area contributed by atoms with E-state index in [0.717, 1.165) is 0 Å². The second-order valence-electron chi connectivity index (χ2n) is 5.50. The first kappa shape index (κ1) is 10.8. The quantitative estimate of drug-likeness (QED) is 0.667. The van der Waals surface area contributed by atoms with Gasteiger partial charge in [0.15, 0.2) is 0 Å². The summed E-state index contributed by atoms with van der Waals surface area (Å²) in [7, 11) is 0. The van der Waals surface area contributed by atoms with Crippen molar-refractivity contribution in [3.63, 3.8) is 0 Å². The van der Waals surface area contributed by atoms with E-state index >= 15 is 0 Å². The lowest BCUT2D eigenvalue weighted by atomic mass is 9.85. The monoisotopic (exact) mass is 244 g/mol. The van der Waals surface area contributed by atoms with Crippen molar-refractivity contribution in [1.29, 1.82) is 0 Å². The number of benzene rings is 2. The van der Waals surface area contributed by atoms with Crippen LogP contribution in [0.4, 0.5) is 0 Å². The molecule has 0 heteroatoms. The van der Waals surface area contributed by atoms with E-state index in [-0.39, 0.29) is 0 Å². The van der Waals surface area contributed by atoms with Gasteiger partial charge in [0.2, 0.25) is 0 Å². The Morgan fingerprint density at radius 2 is 1.37 bits per heavy atom. The highest BCUT2D eigenvalue weighted by molar-refractivity contribution is 5.79. The van der Waals surface area contributed by atoms with Gasteiger partial charge in [-0.3, -0.25) is 0 Å². The van der Waals surface area contributed by atoms with Crippen molar-refractivity contribution in [3.05, 3.63) is 83.5 Å². The van der Waals surface area contributed by atoms with Crippen LogP contribution in [0.2, 0.25) is 0 Å². The number of hydrogen-bond donors (Lipinski definition) is 0. The van der Waals surface area contributed by atoms with Gasteiger partial charge in [-0.15, -0.1) is 0 Å². The minimum absolute atomic E-state index is 0.487. The molecule has 0 amide bonds. The van der Waals surface area contributed by atoms with Crippen molar-refractivity contribution in [2.24, 2.45) is 5.92 Å². The Balaban J connectivity index is 1.94. The van der Waals surface area contributed by atoms with E-state index in [1.54, 1.807) is 0 Å². The molecule has 0 N–H and O–H groups in total. The summed E-state index contributed by atoms with van der Waals surface area (Å²) < 4.78 is 0. The second-order valence-corrected chi connectivity index (χ2v) is 5.50. The number of fused-ring (bicyclic) bond motifs is 3. The molecule has 0 heterocycles. The Bertz CT molecular complexity index is 658. The molecule has 92 valence electrons. The van der Waals surface area contributed by atoms with Gasteiger partial charge < -0.3 is 0 Å². The van der Waals surface area contributed by atoms with E-state index in [4.69, 9.17) is 0 Å². The minimum Gasteiger partial charge on any atom is -0.0764 e. The molecule has 0 aliphatic heterocycles. The lowest BCUT2D eigenvalue weighted by Crippen LogP contribution is -2.06. The van der Waals surface area contributed by atoms with Crippen LogP contribution in [-0.2, 0) is 0 Å². The van der Waals surface area contributed by atoms with E-state index in [9.17, 15) is 0 Å². The Kier molecular flexibility index (Phi) is 2.25. The molecule has 2 aromatic rings. The molecule has 19 heavy (non-hydrogen) atoms. The predicted octanol–water partition coefficient (Wildman–Crippen LogP) is 4.93. The molecule has 0 saturated carbocycles. The molecule has 2 aromatic carbocycles. The first-order valence-electron chi connectivity index (χ1n) is 6.89. The van der Waals surface area contributed by atoms with Gasteiger partial charge in [-0.1, -0.05) is 72.3 Å². The van der Waals surface area contributed by atoms with Gasteiger partial charge in [0, 0.05) is 11.8 Å². The van der Waals surface area contributed by atoms with Gasteiger partial charge >= 0.3 is 0 Å². The second kappa shape index (κ2) is 3.96. The van der Waals surface area contributed by atoms with Crippen LogP contribution in [0.3, 0.4) is 0 Å². The number of rotatable bonds is 1. The molecule has 4 rings (SSSR count). The summed E-state index contributed by atoms with van der Waals surface area (Å²) in [6, 6.07) is 17.7. The summed E-state index contributed by atoms with van der Waals surface area (Å²) in [6.07, 6.45) is 6.98. The molecule has 0 bridgehead atoms. The molecule has 0 saturated heterocycles. The Labute approximate surface area is 114 Å². The number of hydrogen-bond acceptors (Lipinski definition) is 0. The van der Waals surface area contributed by atoms with Crippen LogP contribution in [-0.4, -0.2) is 0 Å². The molecular weight excluding hydrogens is 228 g/mol. The van der Waals surface area contributed by atoms with Crippen LogP contribution in [0.1, 0.15) is 24.0 Å². The summed E-state index contributed by atoms with van der Waals surface area (Å²) in [5.74, 6) is 0.992. The lowest BCUT2D eigenvalue weighted by molar-refractivity contribution is 0.707. The first-order valence-corrected chi connectivity index (χ1v) is 6.89. The van der Waals surface area contributed by atoms with Gasteiger partial charge in [-0.2, -0.15) is 0 Å².